The van der Waals surface area contributed by atoms with E-state index in [1.54, 1.807) is 24.5 Å². The van der Waals surface area contributed by atoms with Crippen molar-refractivity contribution in [3.05, 3.63) is 30.0 Å². The summed E-state index contributed by atoms with van der Waals surface area (Å²) in [6.07, 6.45) is 1.56. The molecule has 96 valence electrons. The van der Waals surface area contributed by atoms with Crippen LogP contribution in [0.15, 0.2) is 28.9 Å². The number of benzene rings is 1. The number of furan rings is 1. The molecule has 1 heterocycles. The molecule has 0 saturated heterocycles. The zero-order chi connectivity index (χ0) is 13.0. The van der Waals surface area contributed by atoms with E-state index in [0.29, 0.717) is 23.5 Å². The Morgan fingerprint density at radius 1 is 1.50 bits per heavy atom. The number of amides is 1. The predicted octanol–water partition coefficient (Wildman–Crippen LogP) is 1.55. The molecule has 0 aliphatic carbocycles. The van der Waals surface area contributed by atoms with E-state index in [0.717, 1.165) is 5.39 Å². The molecule has 5 nitrogen and oxygen atoms in total. The first-order chi connectivity index (χ1) is 8.76. The third kappa shape index (κ3) is 2.46. The average Bonchev–Trinajstić information content (AvgIpc) is 2.84. The SMILES string of the molecule is CCOc1cc(C(=O)NCCO)cc2occc12. The predicted molar refractivity (Wildman–Crippen MR) is 66.8 cm³/mol. The summed E-state index contributed by atoms with van der Waals surface area (Å²) in [7, 11) is 0. The standard InChI is InChI=1S/C13H15NO4/c1-2-17-11-7-9(13(16)14-4-5-15)8-12-10(11)3-6-18-12/h3,6-8,15H,2,4-5H2,1H3,(H,14,16). The van der Waals surface area contributed by atoms with Crippen LogP contribution in [0.3, 0.4) is 0 Å². The van der Waals surface area contributed by atoms with Crippen molar-refractivity contribution in [3.8, 4) is 5.75 Å². The van der Waals surface area contributed by atoms with E-state index in [9.17, 15) is 4.79 Å². The number of hydrogen-bond acceptors (Lipinski definition) is 4. The number of carbonyl (C=O) groups is 1. The summed E-state index contributed by atoms with van der Waals surface area (Å²) in [5.74, 6) is 0.362. The Morgan fingerprint density at radius 3 is 3.06 bits per heavy atom. The minimum absolute atomic E-state index is 0.0902. The fourth-order valence-corrected chi connectivity index (χ4v) is 1.72. The molecule has 2 N–H and O–H groups in total. The first kappa shape index (κ1) is 12.4. The molecule has 0 radical (unpaired) electrons. The van der Waals surface area contributed by atoms with E-state index < -0.39 is 0 Å². The second kappa shape index (κ2) is 5.55. The number of carbonyl (C=O) groups excluding carboxylic acids is 1. The molecule has 0 unspecified atom stereocenters. The maximum Gasteiger partial charge on any atom is 0.251 e. The van der Waals surface area contributed by atoms with Crippen LogP contribution in [0.2, 0.25) is 0 Å². The van der Waals surface area contributed by atoms with Crippen LogP contribution in [-0.2, 0) is 0 Å². The van der Waals surface area contributed by atoms with Gasteiger partial charge in [0.1, 0.15) is 11.3 Å². The highest BCUT2D eigenvalue weighted by molar-refractivity contribution is 5.99. The largest absolute Gasteiger partial charge is 0.493 e. The molecule has 1 amide bonds. The number of aliphatic hydroxyl groups excluding tert-OH is 1. The summed E-state index contributed by atoms with van der Waals surface area (Å²) < 4.78 is 10.8. The lowest BCUT2D eigenvalue weighted by Gasteiger charge is -2.08. The van der Waals surface area contributed by atoms with Crippen LogP contribution in [0.25, 0.3) is 11.0 Å². The van der Waals surface area contributed by atoms with Gasteiger partial charge in [-0.05, 0) is 25.1 Å². The van der Waals surface area contributed by atoms with Gasteiger partial charge in [-0.1, -0.05) is 0 Å². The summed E-state index contributed by atoms with van der Waals surface area (Å²) >= 11 is 0. The molecule has 5 heteroatoms. The summed E-state index contributed by atoms with van der Waals surface area (Å²) in [4.78, 5) is 11.8. The maximum absolute atomic E-state index is 11.8. The van der Waals surface area contributed by atoms with Gasteiger partial charge in [-0.2, -0.15) is 0 Å². The van der Waals surface area contributed by atoms with Crippen molar-refractivity contribution in [2.24, 2.45) is 0 Å². The average molecular weight is 249 g/mol. The Balaban J connectivity index is 2.36. The molecular weight excluding hydrogens is 234 g/mol. The van der Waals surface area contributed by atoms with Crippen LogP contribution < -0.4 is 10.1 Å². The van der Waals surface area contributed by atoms with Crippen LogP contribution in [0.5, 0.6) is 5.75 Å². The Kier molecular flexibility index (Phi) is 3.84. The third-order valence-corrected chi connectivity index (χ3v) is 2.49. The highest BCUT2D eigenvalue weighted by Crippen LogP contribution is 2.28. The zero-order valence-electron chi connectivity index (χ0n) is 10.1. The number of nitrogens with one attached hydrogen (secondary N) is 1. The summed E-state index contributed by atoms with van der Waals surface area (Å²) in [5, 5.41) is 12.1. The van der Waals surface area contributed by atoms with Gasteiger partial charge in [-0.25, -0.2) is 0 Å². The first-order valence-corrected chi connectivity index (χ1v) is 5.79. The van der Waals surface area contributed by atoms with Crippen molar-refractivity contribution < 1.29 is 19.1 Å². The highest BCUT2D eigenvalue weighted by Gasteiger charge is 2.12. The molecule has 18 heavy (non-hydrogen) atoms. The van der Waals surface area contributed by atoms with Crippen molar-refractivity contribution in [2.45, 2.75) is 6.92 Å². The number of ether oxygens (including phenoxy) is 1. The fourth-order valence-electron chi connectivity index (χ4n) is 1.72. The van der Waals surface area contributed by atoms with Gasteiger partial charge >= 0.3 is 0 Å². The molecule has 1 aromatic carbocycles. The molecular formula is C13H15NO4. The van der Waals surface area contributed by atoms with Gasteiger partial charge in [-0.3, -0.25) is 4.79 Å². The summed E-state index contributed by atoms with van der Waals surface area (Å²) in [6.45, 7) is 2.53. The van der Waals surface area contributed by atoms with Crippen LogP contribution in [-0.4, -0.2) is 30.8 Å². The lowest BCUT2D eigenvalue weighted by atomic mass is 10.1. The second-order valence-corrected chi connectivity index (χ2v) is 3.72. The van der Waals surface area contributed by atoms with Gasteiger partial charge in [0.25, 0.3) is 5.91 Å². The van der Waals surface area contributed by atoms with Gasteiger partial charge < -0.3 is 19.6 Å². The van der Waals surface area contributed by atoms with Crippen LogP contribution in [0.4, 0.5) is 0 Å². The first-order valence-electron chi connectivity index (χ1n) is 5.79. The van der Waals surface area contributed by atoms with E-state index in [-0.39, 0.29) is 19.1 Å². The monoisotopic (exact) mass is 249 g/mol. The van der Waals surface area contributed by atoms with Crippen molar-refractivity contribution in [2.75, 3.05) is 19.8 Å². The second-order valence-electron chi connectivity index (χ2n) is 3.72. The van der Waals surface area contributed by atoms with Gasteiger partial charge in [-0.15, -0.1) is 0 Å². The quantitative estimate of drug-likeness (QED) is 0.843. The molecule has 2 rings (SSSR count). The third-order valence-electron chi connectivity index (χ3n) is 2.49. The lowest BCUT2D eigenvalue weighted by molar-refractivity contribution is 0.0944. The molecule has 0 aliphatic rings. The molecule has 0 atom stereocenters. The Bertz CT molecular complexity index is 547. The minimum Gasteiger partial charge on any atom is -0.493 e. The van der Waals surface area contributed by atoms with Crippen molar-refractivity contribution >= 4 is 16.9 Å². The molecule has 0 spiro atoms. The Labute approximate surface area is 104 Å². The maximum atomic E-state index is 11.8. The van der Waals surface area contributed by atoms with Gasteiger partial charge in [0.2, 0.25) is 0 Å². The van der Waals surface area contributed by atoms with E-state index in [2.05, 4.69) is 5.32 Å². The van der Waals surface area contributed by atoms with E-state index >= 15 is 0 Å². The Morgan fingerprint density at radius 2 is 2.33 bits per heavy atom. The summed E-state index contributed by atoms with van der Waals surface area (Å²) in [6, 6.07) is 5.13. The zero-order valence-corrected chi connectivity index (χ0v) is 10.1. The molecule has 0 aliphatic heterocycles. The number of aliphatic hydroxyl groups is 1. The highest BCUT2D eigenvalue weighted by atomic mass is 16.5. The van der Waals surface area contributed by atoms with Gasteiger partial charge in [0.15, 0.2) is 0 Å². The molecule has 0 saturated carbocycles. The van der Waals surface area contributed by atoms with Crippen molar-refractivity contribution in [1.29, 1.82) is 0 Å². The van der Waals surface area contributed by atoms with Crippen LogP contribution in [0, 0.1) is 0 Å². The molecule has 0 bridgehead atoms. The van der Waals surface area contributed by atoms with E-state index in [4.69, 9.17) is 14.3 Å². The normalized spacial score (nSPS) is 10.6. The van der Waals surface area contributed by atoms with Gasteiger partial charge in [0.05, 0.1) is 24.9 Å². The lowest BCUT2D eigenvalue weighted by Crippen LogP contribution is -2.26. The minimum atomic E-state index is -0.261. The van der Waals surface area contributed by atoms with Crippen LogP contribution >= 0.6 is 0 Å². The van der Waals surface area contributed by atoms with Crippen molar-refractivity contribution in [3.63, 3.8) is 0 Å². The number of hydrogen-bond donors (Lipinski definition) is 2. The van der Waals surface area contributed by atoms with Crippen LogP contribution in [0.1, 0.15) is 17.3 Å². The van der Waals surface area contributed by atoms with Crippen molar-refractivity contribution in [1.82, 2.24) is 5.32 Å². The fraction of sp³-hybridized carbons (Fsp3) is 0.308. The molecule has 0 fully saturated rings. The summed E-state index contributed by atoms with van der Waals surface area (Å²) in [5.41, 5.74) is 1.06. The number of fused-ring (bicyclic) bond motifs is 1. The van der Waals surface area contributed by atoms with Gasteiger partial charge in [0, 0.05) is 12.1 Å². The molecule has 1 aromatic heterocycles. The molecule has 2 aromatic rings. The smallest absolute Gasteiger partial charge is 0.251 e. The van der Waals surface area contributed by atoms with E-state index in [1.807, 2.05) is 6.92 Å². The topological polar surface area (TPSA) is 71.7 Å². The Hall–Kier alpha value is -2.01. The number of rotatable bonds is 5. The van der Waals surface area contributed by atoms with E-state index in [1.165, 1.54) is 0 Å².